The fraction of sp³-hybridized carbons (Fsp3) is 0.0833. The Morgan fingerprint density at radius 3 is 2.72 bits per heavy atom. The number of nitrogens with two attached hydrogens (primary N) is 1. The second kappa shape index (κ2) is 5.10. The number of benzene rings is 1. The highest BCUT2D eigenvalue weighted by molar-refractivity contribution is 5.32. The van der Waals surface area contributed by atoms with Crippen molar-refractivity contribution in [1.82, 2.24) is 9.97 Å². The van der Waals surface area contributed by atoms with E-state index < -0.39 is 5.82 Å². The molecule has 0 fully saturated rings. The Morgan fingerprint density at radius 1 is 1.33 bits per heavy atom. The maximum absolute atomic E-state index is 13.3. The molecular weight excluding hydrogens is 235 g/mol. The first-order valence-electron chi connectivity index (χ1n) is 5.11. The number of nitriles is 1. The van der Waals surface area contributed by atoms with Gasteiger partial charge in [0.2, 0.25) is 11.8 Å². The Bertz CT molecular complexity index is 592. The standard InChI is InChI=1S/C12H9FN4O/c13-10-7-16-12(15)17-11(10)18-9-3-1-8(2-4-9)5-6-14/h1-4,7H,5H2,(H2,15,16,17). The summed E-state index contributed by atoms with van der Waals surface area (Å²) in [5.74, 6) is -0.568. The molecule has 0 amide bonds. The maximum Gasteiger partial charge on any atom is 0.260 e. The third-order valence-electron chi connectivity index (χ3n) is 2.15. The number of ether oxygens (including phenoxy) is 1. The highest BCUT2D eigenvalue weighted by Gasteiger charge is 2.08. The lowest BCUT2D eigenvalue weighted by Gasteiger charge is -2.06. The van der Waals surface area contributed by atoms with Gasteiger partial charge in [-0.05, 0) is 17.7 Å². The average Bonchev–Trinajstić information content (AvgIpc) is 2.37. The number of nitrogen functional groups attached to an aromatic ring is 1. The topological polar surface area (TPSA) is 84.8 Å². The van der Waals surface area contributed by atoms with Crippen LogP contribution in [-0.4, -0.2) is 9.97 Å². The van der Waals surface area contributed by atoms with E-state index in [-0.39, 0.29) is 11.8 Å². The molecule has 1 aromatic heterocycles. The quantitative estimate of drug-likeness (QED) is 0.893. The van der Waals surface area contributed by atoms with Crippen molar-refractivity contribution in [1.29, 1.82) is 5.26 Å². The first-order chi connectivity index (χ1) is 8.69. The van der Waals surface area contributed by atoms with Crippen LogP contribution in [0.15, 0.2) is 30.5 Å². The monoisotopic (exact) mass is 244 g/mol. The molecule has 6 heteroatoms. The van der Waals surface area contributed by atoms with E-state index in [9.17, 15) is 4.39 Å². The van der Waals surface area contributed by atoms with Crippen molar-refractivity contribution in [3.8, 4) is 17.7 Å². The first kappa shape index (κ1) is 11.8. The predicted molar refractivity (Wildman–Crippen MR) is 62.2 cm³/mol. The van der Waals surface area contributed by atoms with Gasteiger partial charge in [-0.1, -0.05) is 12.1 Å². The number of rotatable bonds is 3. The normalized spacial score (nSPS) is 9.78. The van der Waals surface area contributed by atoms with Gasteiger partial charge in [-0.3, -0.25) is 0 Å². The van der Waals surface area contributed by atoms with Crippen molar-refractivity contribution in [3.63, 3.8) is 0 Å². The van der Waals surface area contributed by atoms with E-state index in [1.165, 1.54) is 0 Å². The van der Waals surface area contributed by atoms with Crippen molar-refractivity contribution in [2.24, 2.45) is 0 Å². The zero-order chi connectivity index (χ0) is 13.0. The van der Waals surface area contributed by atoms with E-state index in [0.29, 0.717) is 12.2 Å². The fourth-order valence-corrected chi connectivity index (χ4v) is 1.31. The van der Waals surface area contributed by atoms with Crippen LogP contribution in [0, 0.1) is 17.1 Å². The summed E-state index contributed by atoms with van der Waals surface area (Å²) in [7, 11) is 0. The molecule has 0 bridgehead atoms. The predicted octanol–water partition coefficient (Wildman–Crippen LogP) is 2.06. The molecule has 5 nitrogen and oxygen atoms in total. The van der Waals surface area contributed by atoms with Gasteiger partial charge >= 0.3 is 0 Å². The van der Waals surface area contributed by atoms with E-state index >= 15 is 0 Å². The summed E-state index contributed by atoms with van der Waals surface area (Å²) in [6, 6.07) is 8.74. The second-order valence-corrected chi connectivity index (χ2v) is 3.46. The van der Waals surface area contributed by atoms with Crippen LogP contribution in [0.25, 0.3) is 0 Å². The maximum atomic E-state index is 13.3. The van der Waals surface area contributed by atoms with Gasteiger partial charge in [-0.25, -0.2) is 4.98 Å². The van der Waals surface area contributed by atoms with E-state index in [1.807, 2.05) is 6.07 Å². The van der Waals surface area contributed by atoms with Crippen LogP contribution < -0.4 is 10.5 Å². The minimum absolute atomic E-state index is 0.0625. The molecule has 0 saturated heterocycles. The lowest BCUT2D eigenvalue weighted by Crippen LogP contribution is -1.99. The third kappa shape index (κ3) is 2.71. The van der Waals surface area contributed by atoms with Crippen molar-refractivity contribution >= 4 is 5.95 Å². The molecule has 0 atom stereocenters. The van der Waals surface area contributed by atoms with E-state index in [0.717, 1.165) is 11.8 Å². The minimum atomic E-state index is -0.690. The summed E-state index contributed by atoms with van der Waals surface area (Å²) in [6.07, 6.45) is 1.26. The van der Waals surface area contributed by atoms with Gasteiger partial charge in [0.15, 0.2) is 0 Å². The average molecular weight is 244 g/mol. The molecule has 2 aromatic rings. The molecule has 90 valence electrons. The number of hydrogen-bond acceptors (Lipinski definition) is 5. The van der Waals surface area contributed by atoms with Gasteiger partial charge in [0.1, 0.15) is 5.75 Å². The molecule has 18 heavy (non-hydrogen) atoms. The largest absolute Gasteiger partial charge is 0.436 e. The van der Waals surface area contributed by atoms with Gasteiger partial charge in [0.25, 0.3) is 5.88 Å². The summed E-state index contributed by atoms with van der Waals surface area (Å²) in [4.78, 5) is 7.14. The molecule has 0 aliphatic heterocycles. The van der Waals surface area contributed by atoms with Crippen LogP contribution in [0.2, 0.25) is 0 Å². The van der Waals surface area contributed by atoms with Crippen LogP contribution in [0.3, 0.4) is 0 Å². The van der Waals surface area contributed by atoms with Gasteiger partial charge in [-0.2, -0.15) is 14.6 Å². The zero-order valence-corrected chi connectivity index (χ0v) is 9.30. The summed E-state index contributed by atoms with van der Waals surface area (Å²) < 4.78 is 18.5. The Labute approximate surface area is 103 Å². The molecule has 0 saturated carbocycles. The summed E-state index contributed by atoms with van der Waals surface area (Å²) in [5, 5.41) is 8.53. The van der Waals surface area contributed by atoms with E-state index in [4.69, 9.17) is 15.7 Å². The SMILES string of the molecule is N#CCc1ccc(Oc2nc(N)ncc2F)cc1. The second-order valence-electron chi connectivity index (χ2n) is 3.46. The molecule has 0 radical (unpaired) electrons. The molecule has 2 N–H and O–H groups in total. The lowest BCUT2D eigenvalue weighted by atomic mass is 10.2. The Hall–Kier alpha value is -2.68. The minimum Gasteiger partial charge on any atom is -0.436 e. The number of hydrogen-bond donors (Lipinski definition) is 1. The number of aromatic nitrogens is 2. The van der Waals surface area contributed by atoms with Crippen LogP contribution in [-0.2, 0) is 6.42 Å². The van der Waals surface area contributed by atoms with Gasteiger partial charge in [-0.15, -0.1) is 0 Å². The van der Waals surface area contributed by atoms with E-state index in [2.05, 4.69) is 9.97 Å². The number of anilines is 1. The van der Waals surface area contributed by atoms with Crippen molar-refractivity contribution in [2.45, 2.75) is 6.42 Å². The van der Waals surface area contributed by atoms with Crippen molar-refractivity contribution in [2.75, 3.05) is 5.73 Å². The van der Waals surface area contributed by atoms with E-state index in [1.54, 1.807) is 24.3 Å². The molecule has 0 spiro atoms. The van der Waals surface area contributed by atoms with Gasteiger partial charge < -0.3 is 10.5 Å². The van der Waals surface area contributed by atoms with Gasteiger partial charge in [0, 0.05) is 0 Å². The molecule has 0 aliphatic rings. The lowest BCUT2D eigenvalue weighted by molar-refractivity contribution is 0.421. The van der Waals surface area contributed by atoms with Gasteiger partial charge in [0.05, 0.1) is 18.7 Å². The highest BCUT2D eigenvalue weighted by atomic mass is 19.1. The molecule has 0 aliphatic carbocycles. The van der Waals surface area contributed by atoms with Crippen molar-refractivity contribution < 1.29 is 9.13 Å². The molecule has 1 aromatic carbocycles. The van der Waals surface area contributed by atoms with Crippen molar-refractivity contribution in [3.05, 3.63) is 41.8 Å². The summed E-state index contributed by atoms with van der Waals surface area (Å²) in [6.45, 7) is 0. The third-order valence-corrected chi connectivity index (χ3v) is 2.15. The molecule has 2 rings (SSSR count). The zero-order valence-electron chi connectivity index (χ0n) is 9.30. The molecule has 1 heterocycles. The van der Waals surface area contributed by atoms with Crippen LogP contribution in [0.4, 0.5) is 10.3 Å². The van der Waals surface area contributed by atoms with Crippen LogP contribution >= 0.6 is 0 Å². The Morgan fingerprint density at radius 2 is 2.06 bits per heavy atom. The number of halogens is 1. The Kier molecular flexibility index (Phi) is 3.34. The summed E-state index contributed by atoms with van der Waals surface area (Å²) >= 11 is 0. The molecular formula is C12H9FN4O. The smallest absolute Gasteiger partial charge is 0.260 e. The summed E-state index contributed by atoms with van der Waals surface area (Å²) in [5.41, 5.74) is 6.19. The highest BCUT2D eigenvalue weighted by Crippen LogP contribution is 2.22. The Balaban J connectivity index is 2.18. The van der Waals surface area contributed by atoms with Crippen LogP contribution in [0.1, 0.15) is 5.56 Å². The van der Waals surface area contributed by atoms with Crippen LogP contribution in [0.5, 0.6) is 11.6 Å². The number of nitrogens with zero attached hydrogens (tertiary/aromatic N) is 3. The fourth-order valence-electron chi connectivity index (χ4n) is 1.31. The molecule has 0 unspecified atom stereocenters. The first-order valence-corrected chi connectivity index (χ1v) is 5.11.